The van der Waals surface area contributed by atoms with Crippen molar-refractivity contribution < 1.29 is 14.6 Å². The van der Waals surface area contributed by atoms with Gasteiger partial charge >= 0.3 is 5.97 Å². The number of carbonyl (C=O) groups is 1. The Kier molecular flexibility index (Phi) is 3.33. The number of hydrogen-bond donors (Lipinski definition) is 2. The molecule has 1 saturated heterocycles. The lowest BCUT2D eigenvalue weighted by molar-refractivity contribution is 0.0699. The molecule has 2 N–H and O–H groups in total. The van der Waals surface area contributed by atoms with Crippen molar-refractivity contribution in [1.82, 2.24) is 0 Å². The van der Waals surface area contributed by atoms with Gasteiger partial charge < -0.3 is 15.2 Å². The molecule has 1 aliphatic heterocycles. The molecule has 110 valence electrons. The lowest BCUT2D eigenvalue weighted by Crippen LogP contribution is -2.41. The molecular weight excluding hydrogens is 266 g/mol. The summed E-state index contributed by atoms with van der Waals surface area (Å²) in [4.78, 5) is 11.3. The molecule has 2 unspecified atom stereocenters. The first-order valence-corrected chi connectivity index (χ1v) is 7.16. The molecule has 0 aromatic heterocycles. The van der Waals surface area contributed by atoms with Crippen LogP contribution >= 0.6 is 0 Å². The van der Waals surface area contributed by atoms with E-state index in [0.29, 0.717) is 5.56 Å². The Morgan fingerprint density at radius 2 is 2.00 bits per heavy atom. The van der Waals surface area contributed by atoms with Gasteiger partial charge in [0.2, 0.25) is 0 Å². The fourth-order valence-electron chi connectivity index (χ4n) is 2.90. The number of carboxylic acid groups (broad SMARTS) is 1. The van der Waals surface area contributed by atoms with Crippen LogP contribution in [0.25, 0.3) is 10.8 Å². The van der Waals surface area contributed by atoms with E-state index in [4.69, 9.17) is 4.74 Å². The van der Waals surface area contributed by atoms with E-state index in [-0.39, 0.29) is 11.6 Å². The van der Waals surface area contributed by atoms with Crippen molar-refractivity contribution in [2.75, 3.05) is 11.9 Å². The minimum absolute atomic E-state index is 0.121. The van der Waals surface area contributed by atoms with Gasteiger partial charge in [-0.05, 0) is 37.8 Å². The van der Waals surface area contributed by atoms with Gasteiger partial charge in [-0.15, -0.1) is 0 Å². The summed E-state index contributed by atoms with van der Waals surface area (Å²) in [5, 5.41) is 14.6. The van der Waals surface area contributed by atoms with Crippen LogP contribution in [0.15, 0.2) is 36.4 Å². The Bertz CT molecular complexity index is 697. The number of fused-ring (bicyclic) bond motifs is 1. The van der Waals surface area contributed by atoms with Gasteiger partial charge in [-0.2, -0.15) is 0 Å². The van der Waals surface area contributed by atoms with Crippen molar-refractivity contribution in [2.45, 2.75) is 31.9 Å². The molecule has 0 saturated carbocycles. The predicted octanol–water partition coefficient (Wildman–Crippen LogP) is 3.52. The van der Waals surface area contributed by atoms with Crippen molar-refractivity contribution in [1.29, 1.82) is 0 Å². The SMILES string of the molecule is CC1OCCC1(C)Nc1ccc(C(=O)O)c2ccccc12. The van der Waals surface area contributed by atoms with E-state index in [1.165, 1.54) is 0 Å². The molecule has 0 amide bonds. The van der Waals surface area contributed by atoms with Gasteiger partial charge in [-0.3, -0.25) is 0 Å². The highest BCUT2D eigenvalue weighted by Crippen LogP contribution is 2.34. The average Bonchev–Trinajstić information content (AvgIpc) is 2.78. The largest absolute Gasteiger partial charge is 0.478 e. The Labute approximate surface area is 123 Å². The summed E-state index contributed by atoms with van der Waals surface area (Å²) in [6, 6.07) is 11.1. The first kappa shape index (κ1) is 13.9. The third kappa shape index (κ3) is 2.36. The lowest BCUT2D eigenvalue weighted by atomic mass is 9.93. The van der Waals surface area contributed by atoms with Gasteiger partial charge in [-0.1, -0.05) is 24.3 Å². The third-order valence-corrected chi connectivity index (χ3v) is 4.46. The quantitative estimate of drug-likeness (QED) is 0.906. The molecule has 21 heavy (non-hydrogen) atoms. The zero-order valence-corrected chi connectivity index (χ0v) is 12.2. The summed E-state index contributed by atoms with van der Waals surface area (Å²) < 4.78 is 5.66. The van der Waals surface area contributed by atoms with E-state index >= 15 is 0 Å². The fourth-order valence-corrected chi connectivity index (χ4v) is 2.90. The van der Waals surface area contributed by atoms with Crippen molar-refractivity contribution in [3.63, 3.8) is 0 Å². The summed E-state index contributed by atoms with van der Waals surface area (Å²) >= 11 is 0. The zero-order valence-electron chi connectivity index (χ0n) is 12.2. The molecule has 2 aromatic rings. The van der Waals surface area contributed by atoms with Crippen LogP contribution in [-0.2, 0) is 4.74 Å². The molecule has 0 spiro atoms. The zero-order chi connectivity index (χ0) is 15.0. The van der Waals surface area contributed by atoms with Crippen LogP contribution in [0.2, 0.25) is 0 Å². The summed E-state index contributed by atoms with van der Waals surface area (Å²) in [7, 11) is 0. The fraction of sp³-hybridized carbons (Fsp3) is 0.353. The van der Waals surface area contributed by atoms with Crippen LogP contribution in [0.5, 0.6) is 0 Å². The van der Waals surface area contributed by atoms with Crippen LogP contribution < -0.4 is 5.32 Å². The number of nitrogens with one attached hydrogen (secondary N) is 1. The monoisotopic (exact) mass is 285 g/mol. The van der Waals surface area contributed by atoms with Crippen molar-refractivity contribution in [3.8, 4) is 0 Å². The Hall–Kier alpha value is -2.07. The van der Waals surface area contributed by atoms with Crippen LogP contribution in [0.4, 0.5) is 5.69 Å². The highest BCUT2D eigenvalue weighted by Gasteiger charge is 2.37. The summed E-state index contributed by atoms with van der Waals surface area (Å²) in [5.74, 6) is -0.901. The van der Waals surface area contributed by atoms with E-state index in [0.717, 1.165) is 29.5 Å². The normalized spacial score (nSPS) is 25.1. The standard InChI is InChI=1S/C17H19NO3/c1-11-17(2,9-10-21-11)18-15-8-7-14(16(19)20)12-5-3-4-6-13(12)15/h3-8,11,18H,9-10H2,1-2H3,(H,19,20). The highest BCUT2D eigenvalue weighted by molar-refractivity contribution is 6.07. The second kappa shape index (κ2) is 5.04. The van der Waals surface area contributed by atoms with Gasteiger partial charge in [0.05, 0.1) is 17.2 Å². The van der Waals surface area contributed by atoms with E-state index in [9.17, 15) is 9.90 Å². The van der Waals surface area contributed by atoms with Crippen molar-refractivity contribution in [3.05, 3.63) is 42.0 Å². The van der Waals surface area contributed by atoms with Gasteiger partial charge in [0, 0.05) is 17.7 Å². The minimum atomic E-state index is -0.901. The molecule has 2 atom stereocenters. The summed E-state index contributed by atoms with van der Waals surface area (Å²) in [6.45, 7) is 4.95. The maximum atomic E-state index is 11.3. The molecule has 4 nitrogen and oxygen atoms in total. The number of aromatic carboxylic acids is 1. The van der Waals surface area contributed by atoms with E-state index < -0.39 is 5.97 Å². The number of rotatable bonds is 3. The Morgan fingerprint density at radius 3 is 2.62 bits per heavy atom. The lowest BCUT2D eigenvalue weighted by Gasteiger charge is -2.31. The van der Waals surface area contributed by atoms with Crippen LogP contribution in [0, 0.1) is 0 Å². The number of hydrogen-bond acceptors (Lipinski definition) is 3. The van der Waals surface area contributed by atoms with Crippen LogP contribution in [0.1, 0.15) is 30.6 Å². The summed E-state index contributed by atoms with van der Waals surface area (Å²) in [6.07, 6.45) is 1.05. The van der Waals surface area contributed by atoms with Crippen LogP contribution in [0.3, 0.4) is 0 Å². The second-order valence-corrected chi connectivity index (χ2v) is 5.82. The number of benzene rings is 2. The number of ether oxygens (including phenoxy) is 1. The van der Waals surface area contributed by atoms with Gasteiger partial charge in [-0.25, -0.2) is 4.79 Å². The first-order valence-electron chi connectivity index (χ1n) is 7.16. The molecule has 2 aromatic carbocycles. The second-order valence-electron chi connectivity index (χ2n) is 5.82. The predicted molar refractivity (Wildman–Crippen MR) is 83.0 cm³/mol. The Balaban J connectivity index is 2.08. The summed E-state index contributed by atoms with van der Waals surface area (Å²) in [5.41, 5.74) is 1.15. The highest BCUT2D eigenvalue weighted by atomic mass is 16.5. The molecule has 0 bridgehead atoms. The van der Waals surface area contributed by atoms with Crippen molar-refractivity contribution in [2.24, 2.45) is 0 Å². The molecule has 3 rings (SSSR count). The molecule has 1 heterocycles. The van der Waals surface area contributed by atoms with Crippen molar-refractivity contribution >= 4 is 22.4 Å². The van der Waals surface area contributed by atoms with Gasteiger partial charge in [0.1, 0.15) is 0 Å². The maximum absolute atomic E-state index is 11.3. The average molecular weight is 285 g/mol. The molecule has 0 aliphatic carbocycles. The minimum Gasteiger partial charge on any atom is -0.478 e. The number of anilines is 1. The third-order valence-electron chi connectivity index (χ3n) is 4.46. The topological polar surface area (TPSA) is 58.6 Å². The Morgan fingerprint density at radius 1 is 1.29 bits per heavy atom. The van der Waals surface area contributed by atoms with E-state index in [2.05, 4.69) is 19.2 Å². The van der Waals surface area contributed by atoms with Gasteiger partial charge in [0.25, 0.3) is 0 Å². The van der Waals surface area contributed by atoms with Gasteiger partial charge in [0.15, 0.2) is 0 Å². The molecule has 0 radical (unpaired) electrons. The van der Waals surface area contributed by atoms with Crippen LogP contribution in [-0.4, -0.2) is 29.3 Å². The first-order chi connectivity index (χ1) is 10.0. The molecular formula is C17H19NO3. The smallest absolute Gasteiger partial charge is 0.336 e. The van der Waals surface area contributed by atoms with E-state index in [1.54, 1.807) is 6.07 Å². The molecule has 4 heteroatoms. The maximum Gasteiger partial charge on any atom is 0.336 e. The number of carboxylic acids is 1. The van der Waals surface area contributed by atoms with E-state index in [1.807, 2.05) is 30.3 Å². The molecule has 1 aliphatic rings. The molecule has 1 fully saturated rings.